The number of hydrogen-bond acceptors (Lipinski definition) is 5. The van der Waals surface area contributed by atoms with E-state index in [1.807, 2.05) is 0 Å². The number of nitrogens with two attached hydrogens (primary N) is 1. The molecule has 98 valence electrons. The van der Waals surface area contributed by atoms with Crippen LogP contribution in [0.2, 0.25) is 0 Å². The first-order valence-corrected chi connectivity index (χ1v) is 6.13. The van der Waals surface area contributed by atoms with Gasteiger partial charge in [-0.2, -0.15) is 4.31 Å². The Labute approximate surface area is 103 Å². The van der Waals surface area contributed by atoms with Crippen molar-refractivity contribution >= 4 is 21.9 Å². The summed E-state index contributed by atoms with van der Waals surface area (Å²) in [5, 5.41) is 8.29. The quantitative estimate of drug-likeness (QED) is 0.699. The number of pyridine rings is 1. The first-order chi connectivity index (χ1) is 8.25. The zero-order valence-electron chi connectivity index (χ0n) is 9.40. The summed E-state index contributed by atoms with van der Waals surface area (Å²) in [6.45, 7) is -0.481. The molecule has 1 heterocycles. The van der Waals surface area contributed by atoms with Crippen LogP contribution in [0.4, 0.5) is 0 Å². The van der Waals surface area contributed by atoms with Crippen molar-refractivity contribution in [2.75, 3.05) is 13.6 Å². The van der Waals surface area contributed by atoms with Gasteiger partial charge < -0.3 is 10.8 Å². The molecule has 0 atom stereocenters. The SMILES string of the molecule is CN(CC(N)=O)S(=O)(=O)c1ccc(C(=O)O)cn1. The number of amides is 1. The van der Waals surface area contributed by atoms with Crippen LogP contribution in [0, 0.1) is 0 Å². The number of rotatable bonds is 5. The maximum atomic E-state index is 11.9. The van der Waals surface area contributed by atoms with E-state index in [2.05, 4.69) is 4.98 Å². The Bertz CT molecular complexity index is 566. The molecule has 0 fully saturated rings. The summed E-state index contributed by atoms with van der Waals surface area (Å²) in [6.07, 6.45) is 0.924. The molecule has 9 heteroatoms. The lowest BCUT2D eigenvalue weighted by molar-refractivity contribution is -0.118. The molecule has 1 aromatic heterocycles. The van der Waals surface area contributed by atoms with E-state index in [4.69, 9.17) is 10.8 Å². The van der Waals surface area contributed by atoms with Gasteiger partial charge in [-0.3, -0.25) is 4.79 Å². The third kappa shape index (κ3) is 3.02. The first kappa shape index (κ1) is 14.1. The van der Waals surface area contributed by atoms with Gasteiger partial charge in [-0.15, -0.1) is 0 Å². The van der Waals surface area contributed by atoms with E-state index in [0.717, 1.165) is 22.6 Å². The van der Waals surface area contributed by atoms with Gasteiger partial charge in [0.2, 0.25) is 5.91 Å². The van der Waals surface area contributed by atoms with E-state index in [-0.39, 0.29) is 10.6 Å². The zero-order valence-corrected chi connectivity index (χ0v) is 10.2. The largest absolute Gasteiger partial charge is 0.478 e. The highest BCUT2D eigenvalue weighted by Gasteiger charge is 2.23. The van der Waals surface area contributed by atoms with Crippen LogP contribution in [0.15, 0.2) is 23.4 Å². The predicted molar refractivity (Wildman–Crippen MR) is 60.2 cm³/mol. The summed E-state index contributed by atoms with van der Waals surface area (Å²) in [4.78, 5) is 24.8. The molecule has 1 amide bonds. The average Bonchev–Trinajstić information content (AvgIpc) is 2.28. The molecule has 18 heavy (non-hydrogen) atoms. The van der Waals surface area contributed by atoms with Crippen LogP contribution < -0.4 is 5.73 Å². The number of carbonyl (C=O) groups excluding carboxylic acids is 1. The van der Waals surface area contributed by atoms with Gasteiger partial charge in [0.25, 0.3) is 10.0 Å². The smallest absolute Gasteiger partial charge is 0.337 e. The molecule has 1 rings (SSSR count). The molecule has 0 aromatic carbocycles. The van der Waals surface area contributed by atoms with Gasteiger partial charge in [-0.05, 0) is 12.1 Å². The minimum absolute atomic E-state index is 0.133. The van der Waals surface area contributed by atoms with Crippen LogP contribution in [0.3, 0.4) is 0 Å². The van der Waals surface area contributed by atoms with Crippen LogP contribution >= 0.6 is 0 Å². The second-order valence-corrected chi connectivity index (χ2v) is 5.41. The minimum atomic E-state index is -3.95. The minimum Gasteiger partial charge on any atom is -0.478 e. The van der Waals surface area contributed by atoms with E-state index < -0.39 is 28.4 Å². The van der Waals surface area contributed by atoms with E-state index >= 15 is 0 Å². The maximum absolute atomic E-state index is 11.9. The van der Waals surface area contributed by atoms with Crippen molar-refractivity contribution in [1.29, 1.82) is 0 Å². The zero-order chi connectivity index (χ0) is 13.9. The summed E-state index contributed by atoms with van der Waals surface area (Å²) in [5.41, 5.74) is 4.76. The first-order valence-electron chi connectivity index (χ1n) is 4.69. The molecule has 0 aliphatic carbocycles. The number of nitrogens with zero attached hydrogens (tertiary/aromatic N) is 2. The summed E-state index contributed by atoms with van der Waals surface area (Å²) in [7, 11) is -2.77. The summed E-state index contributed by atoms with van der Waals surface area (Å²) in [5.74, 6) is -2.01. The maximum Gasteiger partial charge on any atom is 0.337 e. The monoisotopic (exact) mass is 273 g/mol. The van der Waals surface area contributed by atoms with Crippen molar-refractivity contribution in [3.05, 3.63) is 23.9 Å². The normalized spacial score (nSPS) is 11.4. The third-order valence-corrected chi connectivity index (χ3v) is 3.76. The topological polar surface area (TPSA) is 131 Å². The second kappa shape index (κ2) is 5.10. The highest BCUT2D eigenvalue weighted by molar-refractivity contribution is 7.89. The standard InChI is InChI=1S/C9H11N3O5S/c1-12(5-7(10)13)18(16,17)8-3-2-6(4-11-8)9(14)15/h2-4H,5H2,1H3,(H2,10,13)(H,14,15). The third-order valence-electron chi connectivity index (χ3n) is 2.04. The molecule has 3 N–H and O–H groups in total. The van der Waals surface area contributed by atoms with Crippen LogP contribution in [0.1, 0.15) is 10.4 Å². The van der Waals surface area contributed by atoms with E-state index in [1.165, 1.54) is 7.05 Å². The Kier molecular flexibility index (Phi) is 3.99. The lowest BCUT2D eigenvalue weighted by atomic mass is 10.3. The molecule has 0 aliphatic rings. The number of sulfonamides is 1. The summed E-state index contributed by atoms with van der Waals surface area (Å²) >= 11 is 0. The van der Waals surface area contributed by atoms with Gasteiger partial charge >= 0.3 is 5.97 Å². The Morgan fingerprint density at radius 1 is 1.44 bits per heavy atom. The number of primary amides is 1. The van der Waals surface area contributed by atoms with Gasteiger partial charge in [0.05, 0.1) is 12.1 Å². The molecule has 0 aliphatic heterocycles. The summed E-state index contributed by atoms with van der Waals surface area (Å²) in [6, 6.07) is 2.16. The van der Waals surface area contributed by atoms with Gasteiger partial charge in [0, 0.05) is 13.2 Å². The molecule has 1 aromatic rings. The van der Waals surface area contributed by atoms with Crippen LogP contribution in [0.5, 0.6) is 0 Å². The lowest BCUT2D eigenvalue weighted by Gasteiger charge is -2.14. The Hall–Kier alpha value is -2.00. The van der Waals surface area contributed by atoms with Gasteiger partial charge in [-0.25, -0.2) is 18.2 Å². The Morgan fingerprint density at radius 2 is 2.06 bits per heavy atom. The molecular weight excluding hydrogens is 262 g/mol. The molecule has 0 radical (unpaired) electrons. The average molecular weight is 273 g/mol. The number of aromatic carboxylic acids is 1. The fourth-order valence-electron chi connectivity index (χ4n) is 1.12. The van der Waals surface area contributed by atoms with Crippen molar-refractivity contribution in [2.24, 2.45) is 5.73 Å². The van der Waals surface area contributed by atoms with Crippen molar-refractivity contribution in [3.63, 3.8) is 0 Å². The molecular formula is C9H11N3O5S. The Balaban J connectivity index is 3.05. The van der Waals surface area contributed by atoms with E-state index in [9.17, 15) is 18.0 Å². The molecule has 8 nitrogen and oxygen atoms in total. The van der Waals surface area contributed by atoms with Gasteiger partial charge in [-0.1, -0.05) is 0 Å². The molecule has 0 spiro atoms. The van der Waals surface area contributed by atoms with Gasteiger partial charge in [0.15, 0.2) is 5.03 Å². The van der Waals surface area contributed by atoms with Crippen LogP contribution in [-0.4, -0.2) is 48.3 Å². The molecule has 0 bridgehead atoms. The molecule has 0 unspecified atom stereocenters. The summed E-state index contributed by atoms with van der Waals surface area (Å²) < 4.78 is 24.4. The number of carboxylic acids is 1. The number of aromatic nitrogens is 1. The van der Waals surface area contributed by atoms with Crippen molar-refractivity contribution in [2.45, 2.75) is 5.03 Å². The molecule has 0 saturated carbocycles. The lowest BCUT2D eigenvalue weighted by Crippen LogP contribution is -2.35. The van der Waals surface area contributed by atoms with E-state index in [1.54, 1.807) is 0 Å². The Morgan fingerprint density at radius 3 is 2.44 bits per heavy atom. The number of hydrogen-bond donors (Lipinski definition) is 2. The molecule has 0 saturated heterocycles. The fourth-order valence-corrected chi connectivity index (χ4v) is 2.17. The van der Waals surface area contributed by atoms with Crippen LogP contribution in [0.25, 0.3) is 0 Å². The van der Waals surface area contributed by atoms with Crippen molar-refractivity contribution < 1.29 is 23.1 Å². The number of likely N-dealkylation sites (N-methyl/N-ethyl adjacent to an activating group) is 1. The highest BCUT2D eigenvalue weighted by atomic mass is 32.2. The van der Waals surface area contributed by atoms with Crippen molar-refractivity contribution in [1.82, 2.24) is 9.29 Å². The van der Waals surface area contributed by atoms with Gasteiger partial charge in [0.1, 0.15) is 0 Å². The number of carbonyl (C=O) groups is 2. The van der Waals surface area contributed by atoms with Crippen LogP contribution in [-0.2, 0) is 14.8 Å². The van der Waals surface area contributed by atoms with E-state index in [0.29, 0.717) is 0 Å². The van der Waals surface area contributed by atoms with Crippen molar-refractivity contribution in [3.8, 4) is 0 Å². The predicted octanol–water partition coefficient (Wildman–Crippen LogP) is -1.11. The highest BCUT2D eigenvalue weighted by Crippen LogP contribution is 2.11. The fraction of sp³-hybridized carbons (Fsp3) is 0.222. The number of carboxylic acid groups (broad SMARTS) is 1. The second-order valence-electron chi connectivity index (χ2n) is 3.42.